The number of hydrogen-bond acceptors (Lipinski definition) is 8. The first kappa shape index (κ1) is 22.4. The van der Waals surface area contributed by atoms with E-state index in [2.05, 4.69) is 6.08 Å². The van der Waals surface area contributed by atoms with Crippen molar-refractivity contribution >= 4 is 5.97 Å². The number of rotatable bonds is 3. The largest absolute Gasteiger partial charge is 0.458 e. The Hall–Kier alpha value is -1.29. The molecule has 0 spiro atoms. The van der Waals surface area contributed by atoms with Crippen molar-refractivity contribution in [3.63, 3.8) is 0 Å². The van der Waals surface area contributed by atoms with E-state index < -0.39 is 43.4 Å². The van der Waals surface area contributed by atoms with Gasteiger partial charge in [-0.1, -0.05) is 18.6 Å². The Morgan fingerprint density at radius 1 is 1.17 bits per heavy atom. The van der Waals surface area contributed by atoms with Gasteiger partial charge in [0.15, 0.2) is 6.29 Å². The number of aliphatic hydroxyl groups is 4. The van der Waals surface area contributed by atoms with Gasteiger partial charge in [-0.3, -0.25) is 4.79 Å². The van der Waals surface area contributed by atoms with E-state index in [4.69, 9.17) is 14.2 Å². The first-order chi connectivity index (χ1) is 13.7. The molecule has 4 N–H and O–H groups in total. The normalized spacial score (nSPS) is 47.4. The predicted octanol–water partition coefficient (Wildman–Crippen LogP) is 0.426. The lowest BCUT2D eigenvalue weighted by molar-refractivity contribution is -0.308. The Morgan fingerprint density at radius 3 is 2.59 bits per heavy atom. The van der Waals surface area contributed by atoms with Gasteiger partial charge in [-0.05, 0) is 44.8 Å². The van der Waals surface area contributed by atoms with Crippen molar-refractivity contribution in [3.05, 3.63) is 23.3 Å². The molecule has 0 bridgehead atoms. The maximum Gasteiger partial charge on any atom is 0.309 e. The Balaban J connectivity index is 1.82. The molecule has 0 saturated carbocycles. The number of allylic oxidation sites excluding steroid dienone is 1. The van der Waals surface area contributed by atoms with Crippen LogP contribution in [0, 0.1) is 11.8 Å². The van der Waals surface area contributed by atoms with Crippen LogP contribution in [-0.4, -0.2) is 75.9 Å². The standard InChI is InChI=1S/C21H32O8/c1-10-4-6-13-12(3)20(26)27-15(13)8-11(2)14(7-5-10)28-21-19(25)18(24)17(23)16(9-22)29-21/h5,8,12-19,21-25H,4,6-7,9H2,1-3H3/b10-5+,11-8+/t12-,13+,14-,15+,16+,17+,18-,19+,21+/m0/s1. The first-order valence-corrected chi connectivity index (χ1v) is 10.2. The van der Waals surface area contributed by atoms with E-state index in [0.717, 1.165) is 18.4 Å². The number of fused-ring (bicyclic) bond motifs is 1. The quantitative estimate of drug-likeness (QED) is 0.388. The fraction of sp³-hybridized carbons (Fsp3) is 0.762. The summed E-state index contributed by atoms with van der Waals surface area (Å²) in [7, 11) is 0. The highest BCUT2D eigenvalue weighted by atomic mass is 16.7. The zero-order valence-corrected chi connectivity index (χ0v) is 17.1. The molecule has 0 aromatic carbocycles. The Morgan fingerprint density at radius 2 is 1.90 bits per heavy atom. The van der Waals surface area contributed by atoms with Gasteiger partial charge in [-0.2, -0.15) is 0 Å². The molecule has 8 heteroatoms. The molecular weight excluding hydrogens is 380 g/mol. The molecule has 2 heterocycles. The average molecular weight is 412 g/mol. The van der Waals surface area contributed by atoms with Gasteiger partial charge in [0.1, 0.15) is 30.5 Å². The van der Waals surface area contributed by atoms with Crippen LogP contribution in [0.2, 0.25) is 0 Å². The van der Waals surface area contributed by atoms with Crippen molar-refractivity contribution in [2.45, 2.75) is 82.9 Å². The Labute approximate surface area is 170 Å². The molecule has 2 saturated heterocycles. The molecule has 0 aromatic heterocycles. The van der Waals surface area contributed by atoms with E-state index >= 15 is 0 Å². The molecule has 0 unspecified atom stereocenters. The number of carbonyl (C=O) groups is 1. The molecule has 0 amide bonds. The molecule has 9 atom stereocenters. The van der Waals surface area contributed by atoms with Crippen LogP contribution in [0.5, 0.6) is 0 Å². The van der Waals surface area contributed by atoms with Crippen LogP contribution in [0.3, 0.4) is 0 Å². The molecule has 164 valence electrons. The summed E-state index contributed by atoms with van der Waals surface area (Å²) in [5, 5.41) is 39.6. The maximum absolute atomic E-state index is 12.1. The molecule has 0 radical (unpaired) electrons. The predicted molar refractivity (Wildman–Crippen MR) is 103 cm³/mol. The summed E-state index contributed by atoms with van der Waals surface area (Å²) < 4.78 is 17.0. The zero-order valence-electron chi connectivity index (χ0n) is 17.1. The van der Waals surface area contributed by atoms with E-state index in [1.54, 1.807) is 0 Å². The number of esters is 1. The Kier molecular flexibility index (Phi) is 7.14. The number of carbonyl (C=O) groups excluding carboxylic acids is 1. The molecule has 29 heavy (non-hydrogen) atoms. The van der Waals surface area contributed by atoms with Gasteiger partial charge in [-0.25, -0.2) is 0 Å². The van der Waals surface area contributed by atoms with E-state index in [-0.39, 0.29) is 23.9 Å². The smallest absolute Gasteiger partial charge is 0.309 e. The lowest BCUT2D eigenvalue weighted by Gasteiger charge is -2.41. The van der Waals surface area contributed by atoms with Crippen molar-refractivity contribution in [2.24, 2.45) is 11.8 Å². The minimum atomic E-state index is -1.49. The van der Waals surface area contributed by atoms with Crippen molar-refractivity contribution in [1.82, 2.24) is 0 Å². The van der Waals surface area contributed by atoms with Crippen molar-refractivity contribution in [3.8, 4) is 0 Å². The van der Waals surface area contributed by atoms with Crippen molar-refractivity contribution in [1.29, 1.82) is 0 Å². The van der Waals surface area contributed by atoms with E-state index in [9.17, 15) is 25.2 Å². The summed E-state index contributed by atoms with van der Waals surface area (Å²) in [6, 6.07) is 0. The molecule has 2 fully saturated rings. The van der Waals surface area contributed by atoms with Gasteiger partial charge in [0.2, 0.25) is 0 Å². The van der Waals surface area contributed by atoms with Gasteiger partial charge >= 0.3 is 5.97 Å². The summed E-state index contributed by atoms with van der Waals surface area (Å²) in [6.45, 7) is 5.28. The van der Waals surface area contributed by atoms with E-state index in [0.29, 0.717) is 6.42 Å². The van der Waals surface area contributed by atoms with Crippen LogP contribution < -0.4 is 0 Å². The summed E-state index contributed by atoms with van der Waals surface area (Å²) >= 11 is 0. The van der Waals surface area contributed by atoms with Gasteiger partial charge in [0, 0.05) is 5.92 Å². The fourth-order valence-electron chi connectivity index (χ4n) is 4.22. The van der Waals surface area contributed by atoms with Crippen LogP contribution in [0.1, 0.15) is 40.0 Å². The SMILES string of the molecule is C/C1=C\C[C@H](O[C@@H]2O[C@H](CO)[C@@H](O)[C@H](O)[C@H]2O)/C(C)=C/[C@H]2OC(=O)[C@@H](C)[C@H]2CC1. The Bertz CT molecular complexity index is 657. The highest BCUT2D eigenvalue weighted by Crippen LogP contribution is 2.36. The second-order valence-corrected chi connectivity index (χ2v) is 8.41. The lowest BCUT2D eigenvalue weighted by atomic mass is 9.84. The average Bonchev–Trinajstić information content (AvgIpc) is 2.95. The number of hydrogen-bond donors (Lipinski definition) is 4. The summed E-state index contributed by atoms with van der Waals surface area (Å²) in [5.41, 5.74) is 2.00. The molecular formula is C21H32O8. The molecule has 1 aliphatic carbocycles. The summed E-state index contributed by atoms with van der Waals surface area (Å²) in [6.07, 6.45) is -1.25. The minimum absolute atomic E-state index is 0.0896. The van der Waals surface area contributed by atoms with Gasteiger partial charge in [-0.15, -0.1) is 0 Å². The van der Waals surface area contributed by atoms with Gasteiger partial charge in [0.05, 0.1) is 18.6 Å². The molecule has 0 aromatic rings. The van der Waals surface area contributed by atoms with Crippen LogP contribution in [-0.2, 0) is 19.0 Å². The first-order valence-electron chi connectivity index (χ1n) is 10.2. The van der Waals surface area contributed by atoms with Gasteiger partial charge < -0.3 is 34.6 Å². The third-order valence-electron chi connectivity index (χ3n) is 6.32. The fourth-order valence-corrected chi connectivity index (χ4v) is 4.22. The van der Waals surface area contributed by atoms with Crippen LogP contribution in [0.15, 0.2) is 23.3 Å². The second kappa shape index (κ2) is 9.24. The van der Waals surface area contributed by atoms with E-state index in [1.807, 2.05) is 26.8 Å². The maximum atomic E-state index is 12.1. The summed E-state index contributed by atoms with van der Waals surface area (Å²) in [4.78, 5) is 12.1. The third-order valence-corrected chi connectivity index (χ3v) is 6.32. The van der Waals surface area contributed by atoms with Crippen LogP contribution >= 0.6 is 0 Å². The van der Waals surface area contributed by atoms with Crippen LogP contribution in [0.25, 0.3) is 0 Å². The monoisotopic (exact) mass is 412 g/mol. The number of ether oxygens (including phenoxy) is 3. The molecule has 3 aliphatic rings. The van der Waals surface area contributed by atoms with Crippen LogP contribution in [0.4, 0.5) is 0 Å². The van der Waals surface area contributed by atoms with Crippen molar-refractivity contribution in [2.75, 3.05) is 6.61 Å². The molecule has 8 nitrogen and oxygen atoms in total. The van der Waals surface area contributed by atoms with E-state index in [1.165, 1.54) is 5.57 Å². The topological polar surface area (TPSA) is 126 Å². The highest BCUT2D eigenvalue weighted by molar-refractivity contribution is 5.75. The third kappa shape index (κ3) is 4.73. The zero-order chi connectivity index (χ0) is 21.3. The molecule has 2 aliphatic heterocycles. The highest BCUT2D eigenvalue weighted by Gasteiger charge is 2.45. The second-order valence-electron chi connectivity index (χ2n) is 8.41. The summed E-state index contributed by atoms with van der Waals surface area (Å²) in [5.74, 6) is -0.274. The minimum Gasteiger partial charge on any atom is -0.458 e. The van der Waals surface area contributed by atoms with Gasteiger partial charge in [0.25, 0.3) is 0 Å². The number of aliphatic hydroxyl groups excluding tert-OH is 4. The molecule has 3 rings (SSSR count). The van der Waals surface area contributed by atoms with Crippen molar-refractivity contribution < 1.29 is 39.4 Å². The lowest BCUT2D eigenvalue weighted by Crippen LogP contribution is -2.59.